The molecule has 1 aliphatic heterocycles. The van der Waals surface area contributed by atoms with Gasteiger partial charge in [-0.3, -0.25) is 9.48 Å². The van der Waals surface area contributed by atoms with Crippen molar-refractivity contribution in [3.8, 4) is 0 Å². The Morgan fingerprint density at radius 1 is 1.17 bits per heavy atom. The van der Waals surface area contributed by atoms with Crippen molar-refractivity contribution in [1.82, 2.24) is 25.4 Å². The van der Waals surface area contributed by atoms with E-state index in [4.69, 9.17) is 0 Å². The second-order valence-electron chi connectivity index (χ2n) is 7.70. The first-order chi connectivity index (χ1) is 14.5. The average Bonchev–Trinajstić information content (AvgIpc) is 3.03. The average molecular weight is 405 g/mol. The molecule has 0 saturated carbocycles. The highest BCUT2D eigenvalue weighted by molar-refractivity contribution is 5.92. The number of aromatic nitrogens is 3. The van der Waals surface area contributed by atoms with Crippen molar-refractivity contribution < 1.29 is 4.79 Å². The Morgan fingerprint density at radius 3 is 2.70 bits per heavy atom. The van der Waals surface area contributed by atoms with Crippen molar-refractivity contribution in [3.05, 3.63) is 76.7 Å². The number of rotatable bonds is 5. The smallest absolute Gasteiger partial charge is 0.270 e. The summed E-state index contributed by atoms with van der Waals surface area (Å²) in [6.07, 6.45) is 0. The molecule has 1 atom stereocenters. The van der Waals surface area contributed by atoms with Crippen LogP contribution in [-0.4, -0.2) is 40.3 Å². The molecule has 2 aromatic heterocycles. The first-order valence-electron chi connectivity index (χ1n) is 10.3. The summed E-state index contributed by atoms with van der Waals surface area (Å²) in [4.78, 5) is 19.6. The minimum absolute atomic E-state index is 0.172. The molecule has 4 rings (SSSR count). The third kappa shape index (κ3) is 4.21. The van der Waals surface area contributed by atoms with Crippen molar-refractivity contribution >= 4 is 11.7 Å². The summed E-state index contributed by atoms with van der Waals surface area (Å²) in [5.41, 5.74) is 4.74. The molecule has 1 amide bonds. The third-order valence-corrected chi connectivity index (χ3v) is 5.75. The lowest BCUT2D eigenvalue weighted by Crippen LogP contribution is -2.46. The van der Waals surface area contributed by atoms with Crippen LogP contribution in [0.5, 0.6) is 0 Å². The number of piperazine rings is 1. The van der Waals surface area contributed by atoms with E-state index in [1.807, 2.05) is 43.8 Å². The van der Waals surface area contributed by atoms with E-state index in [0.29, 0.717) is 12.2 Å². The lowest BCUT2D eigenvalue weighted by Gasteiger charge is -2.35. The summed E-state index contributed by atoms with van der Waals surface area (Å²) >= 11 is 0. The fraction of sp³-hybridized carbons (Fsp3) is 0.348. The number of carbonyl (C=O) groups is 1. The van der Waals surface area contributed by atoms with Gasteiger partial charge in [-0.05, 0) is 31.5 Å². The number of hydrogen-bond acceptors (Lipinski definition) is 5. The Morgan fingerprint density at radius 2 is 1.97 bits per heavy atom. The largest absolute Gasteiger partial charge is 0.353 e. The number of carbonyl (C=O) groups excluding carboxylic acids is 1. The molecule has 0 radical (unpaired) electrons. The lowest BCUT2D eigenvalue weighted by molar-refractivity contribution is 0.0946. The van der Waals surface area contributed by atoms with Gasteiger partial charge in [0, 0.05) is 50.5 Å². The Bertz CT molecular complexity index is 1030. The van der Waals surface area contributed by atoms with Gasteiger partial charge in [0.05, 0.1) is 5.69 Å². The summed E-state index contributed by atoms with van der Waals surface area (Å²) in [5, 5.41) is 11.0. The van der Waals surface area contributed by atoms with E-state index >= 15 is 0 Å². The van der Waals surface area contributed by atoms with Gasteiger partial charge in [-0.1, -0.05) is 36.4 Å². The van der Waals surface area contributed by atoms with Crippen LogP contribution in [0.4, 0.5) is 5.82 Å². The highest BCUT2D eigenvalue weighted by atomic mass is 16.1. The van der Waals surface area contributed by atoms with Crippen molar-refractivity contribution in [3.63, 3.8) is 0 Å². The molecule has 1 aliphatic rings. The molecular formula is C23H28N6O. The second-order valence-corrected chi connectivity index (χ2v) is 7.70. The molecule has 0 unspecified atom stereocenters. The molecule has 1 fully saturated rings. The zero-order valence-electron chi connectivity index (χ0n) is 17.7. The minimum Gasteiger partial charge on any atom is -0.353 e. The van der Waals surface area contributed by atoms with E-state index < -0.39 is 0 Å². The van der Waals surface area contributed by atoms with Gasteiger partial charge in [0.2, 0.25) is 0 Å². The first-order valence-corrected chi connectivity index (χ1v) is 10.3. The Balaban J connectivity index is 1.45. The number of benzene rings is 1. The first kappa shape index (κ1) is 20.1. The zero-order valence-corrected chi connectivity index (χ0v) is 17.7. The predicted octanol–water partition coefficient (Wildman–Crippen LogP) is 2.51. The molecule has 0 aliphatic carbocycles. The van der Waals surface area contributed by atoms with Crippen LogP contribution in [0.25, 0.3) is 0 Å². The third-order valence-electron chi connectivity index (χ3n) is 5.75. The molecule has 7 nitrogen and oxygen atoms in total. The molecule has 2 N–H and O–H groups in total. The molecule has 1 saturated heterocycles. The molecule has 3 heterocycles. The molecule has 7 heteroatoms. The van der Waals surface area contributed by atoms with Crippen LogP contribution in [0.15, 0.2) is 48.5 Å². The summed E-state index contributed by atoms with van der Waals surface area (Å²) in [6, 6.07) is 16.3. The number of anilines is 1. The monoisotopic (exact) mass is 404 g/mol. The number of pyridine rings is 1. The topological polar surface area (TPSA) is 75.1 Å². The highest BCUT2D eigenvalue weighted by Crippen LogP contribution is 2.21. The second kappa shape index (κ2) is 8.67. The maximum Gasteiger partial charge on any atom is 0.270 e. The summed E-state index contributed by atoms with van der Waals surface area (Å²) in [7, 11) is 1.91. The van der Waals surface area contributed by atoms with Crippen LogP contribution in [-0.2, 0) is 13.6 Å². The minimum atomic E-state index is -0.172. The number of hydrogen-bond donors (Lipinski definition) is 2. The van der Waals surface area contributed by atoms with E-state index in [1.165, 1.54) is 5.56 Å². The standard InChI is InChI=1S/C23H28N6O/c1-16-19(17(2)28(3)27-16)14-25-23(30)20-10-7-11-22(26-20)29-13-12-24-21(15-29)18-8-5-4-6-9-18/h4-11,21,24H,12-15H2,1-3H3,(H,25,30)/t21-/m1/s1. The van der Waals surface area contributed by atoms with E-state index in [-0.39, 0.29) is 11.9 Å². The van der Waals surface area contributed by atoms with E-state index in [0.717, 1.165) is 42.4 Å². The quantitative estimate of drug-likeness (QED) is 0.684. The van der Waals surface area contributed by atoms with Crippen molar-refractivity contribution in [2.24, 2.45) is 7.05 Å². The SMILES string of the molecule is Cc1nn(C)c(C)c1CNC(=O)c1cccc(N2CCN[C@@H](c3ccccc3)C2)n1. The summed E-state index contributed by atoms with van der Waals surface area (Å²) < 4.78 is 1.84. The van der Waals surface area contributed by atoms with Gasteiger partial charge in [0.1, 0.15) is 11.5 Å². The Kier molecular flexibility index (Phi) is 5.81. The van der Waals surface area contributed by atoms with Crippen LogP contribution in [0, 0.1) is 13.8 Å². The fourth-order valence-corrected chi connectivity index (χ4v) is 3.93. The predicted molar refractivity (Wildman–Crippen MR) is 117 cm³/mol. The number of nitrogens with one attached hydrogen (secondary N) is 2. The van der Waals surface area contributed by atoms with Crippen LogP contribution in [0.1, 0.15) is 39.0 Å². The van der Waals surface area contributed by atoms with E-state index in [2.05, 4.69) is 49.9 Å². The highest BCUT2D eigenvalue weighted by Gasteiger charge is 2.22. The van der Waals surface area contributed by atoms with Gasteiger partial charge in [-0.2, -0.15) is 5.10 Å². The van der Waals surface area contributed by atoms with E-state index in [1.54, 1.807) is 6.07 Å². The van der Waals surface area contributed by atoms with Gasteiger partial charge in [-0.15, -0.1) is 0 Å². The molecule has 0 bridgehead atoms. The molecule has 0 spiro atoms. The van der Waals surface area contributed by atoms with Crippen LogP contribution < -0.4 is 15.5 Å². The summed E-state index contributed by atoms with van der Waals surface area (Å²) in [5.74, 6) is 0.660. The Hall–Kier alpha value is -3.19. The van der Waals surface area contributed by atoms with E-state index in [9.17, 15) is 4.79 Å². The zero-order chi connectivity index (χ0) is 21.1. The Labute approximate surface area is 177 Å². The molecular weight excluding hydrogens is 376 g/mol. The normalized spacial score (nSPS) is 16.5. The molecule has 30 heavy (non-hydrogen) atoms. The maximum absolute atomic E-state index is 12.7. The van der Waals surface area contributed by atoms with Crippen molar-refractivity contribution in [2.45, 2.75) is 26.4 Å². The fourth-order valence-electron chi connectivity index (χ4n) is 3.93. The van der Waals surface area contributed by atoms with Crippen LogP contribution >= 0.6 is 0 Å². The van der Waals surface area contributed by atoms with Crippen molar-refractivity contribution in [1.29, 1.82) is 0 Å². The maximum atomic E-state index is 12.7. The lowest BCUT2D eigenvalue weighted by atomic mass is 10.0. The number of amides is 1. The number of aryl methyl sites for hydroxylation is 2. The van der Waals surface area contributed by atoms with Crippen LogP contribution in [0.2, 0.25) is 0 Å². The van der Waals surface area contributed by atoms with Gasteiger partial charge in [-0.25, -0.2) is 4.98 Å². The van der Waals surface area contributed by atoms with Crippen LogP contribution in [0.3, 0.4) is 0 Å². The number of nitrogens with zero attached hydrogens (tertiary/aromatic N) is 4. The molecule has 156 valence electrons. The van der Waals surface area contributed by atoms with Gasteiger partial charge in [0.25, 0.3) is 5.91 Å². The van der Waals surface area contributed by atoms with Gasteiger partial charge >= 0.3 is 0 Å². The molecule has 3 aromatic rings. The van der Waals surface area contributed by atoms with Gasteiger partial charge in [0.15, 0.2) is 0 Å². The van der Waals surface area contributed by atoms with Gasteiger partial charge < -0.3 is 15.5 Å². The summed E-state index contributed by atoms with van der Waals surface area (Å²) in [6.45, 7) is 6.96. The van der Waals surface area contributed by atoms with Crippen molar-refractivity contribution in [2.75, 3.05) is 24.5 Å². The molecule has 1 aromatic carbocycles.